The first-order valence-electron chi connectivity index (χ1n) is 3.64. The zero-order valence-corrected chi connectivity index (χ0v) is 9.20. The summed E-state index contributed by atoms with van der Waals surface area (Å²) in [6.45, 7) is 4.34. The van der Waals surface area contributed by atoms with E-state index in [1.54, 1.807) is 11.3 Å². The van der Waals surface area contributed by atoms with Crippen LogP contribution in [0.2, 0.25) is 0 Å². The Balaban J connectivity index is 2.50. The van der Waals surface area contributed by atoms with E-state index in [1.807, 2.05) is 0 Å². The lowest BCUT2D eigenvalue weighted by Crippen LogP contribution is -2.15. The van der Waals surface area contributed by atoms with Crippen molar-refractivity contribution in [3.8, 4) is 0 Å². The number of rotatable bonds is 3. The fraction of sp³-hybridized carbons (Fsp3) is 0.500. The fourth-order valence-corrected chi connectivity index (χ4v) is 2.34. The van der Waals surface area contributed by atoms with Gasteiger partial charge in [0.15, 0.2) is 0 Å². The van der Waals surface area contributed by atoms with E-state index >= 15 is 0 Å². The van der Waals surface area contributed by atoms with Gasteiger partial charge >= 0.3 is 0 Å². The average Bonchev–Trinajstić information content (AvgIpc) is 2.35. The van der Waals surface area contributed by atoms with Crippen molar-refractivity contribution in [1.29, 1.82) is 0 Å². The largest absolute Gasteiger partial charge is 0.302 e. The SMILES string of the molecule is CCN(C)Cc1cc(Br)cs1. The molecule has 11 heavy (non-hydrogen) atoms. The Labute approximate surface area is 80.2 Å². The van der Waals surface area contributed by atoms with Crippen LogP contribution in [0.3, 0.4) is 0 Å². The highest BCUT2D eigenvalue weighted by molar-refractivity contribution is 9.10. The molecule has 1 aromatic rings. The van der Waals surface area contributed by atoms with Crippen LogP contribution in [0, 0.1) is 0 Å². The molecule has 0 unspecified atom stereocenters. The van der Waals surface area contributed by atoms with Crippen LogP contribution in [0.5, 0.6) is 0 Å². The molecule has 0 fully saturated rings. The monoisotopic (exact) mass is 233 g/mol. The van der Waals surface area contributed by atoms with Gasteiger partial charge in [-0.1, -0.05) is 6.92 Å². The third-order valence-corrected chi connectivity index (χ3v) is 3.27. The molecule has 0 N–H and O–H groups in total. The maximum Gasteiger partial charge on any atom is 0.0325 e. The first-order chi connectivity index (χ1) is 5.22. The third kappa shape index (κ3) is 2.93. The molecule has 1 rings (SSSR count). The zero-order valence-electron chi connectivity index (χ0n) is 6.80. The molecular formula is C8H12BrNS. The van der Waals surface area contributed by atoms with E-state index in [-0.39, 0.29) is 0 Å². The highest BCUT2D eigenvalue weighted by Gasteiger charge is 1.99. The molecule has 1 nitrogen and oxygen atoms in total. The van der Waals surface area contributed by atoms with Crippen molar-refractivity contribution in [1.82, 2.24) is 4.90 Å². The summed E-state index contributed by atoms with van der Waals surface area (Å²) < 4.78 is 1.20. The van der Waals surface area contributed by atoms with E-state index in [1.165, 1.54) is 9.35 Å². The maximum atomic E-state index is 3.44. The molecule has 0 radical (unpaired) electrons. The van der Waals surface area contributed by atoms with E-state index in [0.717, 1.165) is 13.1 Å². The van der Waals surface area contributed by atoms with Gasteiger partial charge in [0.2, 0.25) is 0 Å². The highest BCUT2D eigenvalue weighted by Crippen LogP contribution is 2.20. The van der Waals surface area contributed by atoms with Crippen LogP contribution in [-0.4, -0.2) is 18.5 Å². The van der Waals surface area contributed by atoms with Gasteiger partial charge in [0.25, 0.3) is 0 Å². The van der Waals surface area contributed by atoms with E-state index in [9.17, 15) is 0 Å². The van der Waals surface area contributed by atoms with E-state index in [2.05, 4.69) is 46.2 Å². The summed E-state index contributed by atoms with van der Waals surface area (Å²) in [5.41, 5.74) is 0. The number of halogens is 1. The Bertz CT molecular complexity index is 222. The van der Waals surface area contributed by atoms with Crippen LogP contribution < -0.4 is 0 Å². The normalized spacial score (nSPS) is 10.9. The summed E-state index contributed by atoms with van der Waals surface area (Å²) >= 11 is 5.24. The second-order valence-corrected chi connectivity index (χ2v) is 4.47. The molecule has 0 atom stereocenters. The van der Waals surface area contributed by atoms with Crippen LogP contribution in [0.1, 0.15) is 11.8 Å². The molecule has 0 bridgehead atoms. The predicted molar refractivity (Wildman–Crippen MR) is 54.0 cm³/mol. The van der Waals surface area contributed by atoms with Gasteiger partial charge in [-0.05, 0) is 35.6 Å². The minimum absolute atomic E-state index is 1.06. The number of thiophene rings is 1. The van der Waals surface area contributed by atoms with Crippen molar-refractivity contribution in [3.05, 3.63) is 20.8 Å². The standard InChI is InChI=1S/C8H12BrNS/c1-3-10(2)5-8-4-7(9)6-11-8/h4,6H,3,5H2,1-2H3. The van der Waals surface area contributed by atoms with Gasteiger partial charge in [-0.25, -0.2) is 0 Å². The Morgan fingerprint density at radius 2 is 2.36 bits per heavy atom. The Hall–Kier alpha value is 0.140. The van der Waals surface area contributed by atoms with Gasteiger partial charge in [-0.2, -0.15) is 0 Å². The van der Waals surface area contributed by atoms with Crippen LogP contribution in [0.25, 0.3) is 0 Å². The maximum absolute atomic E-state index is 3.44. The fourth-order valence-electron chi connectivity index (χ4n) is 0.815. The van der Waals surface area contributed by atoms with Crippen LogP contribution >= 0.6 is 27.3 Å². The Morgan fingerprint density at radius 1 is 1.64 bits per heavy atom. The van der Waals surface area contributed by atoms with Crippen molar-refractivity contribution in [2.75, 3.05) is 13.6 Å². The number of nitrogens with zero attached hydrogens (tertiary/aromatic N) is 1. The second kappa shape index (κ2) is 4.24. The van der Waals surface area contributed by atoms with Gasteiger partial charge in [0.1, 0.15) is 0 Å². The van der Waals surface area contributed by atoms with Gasteiger partial charge < -0.3 is 4.90 Å². The van der Waals surface area contributed by atoms with Gasteiger partial charge in [-0.15, -0.1) is 11.3 Å². The average molecular weight is 234 g/mol. The van der Waals surface area contributed by atoms with Crippen molar-refractivity contribution < 1.29 is 0 Å². The van der Waals surface area contributed by atoms with Crippen LogP contribution in [-0.2, 0) is 6.54 Å². The quantitative estimate of drug-likeness (QED) is 0.777. The summed E-state index contributed by atoms with van der Waals surface area (Å²) in [5, 5.41) is 2.12. The van der Waals surface area contributed by atoms with Crippen molar-refractivity contribution >= 4 is 27.3 Å². The number of hydrogen-bond acceptors (Lipinski definition) is 2. The lowest BCUT2D eigenvalue weighted by molar-refractivity contribution is 0.349. The van der Waals surface area contributed by atoms with Gasteiger partial charge in [-0.3, -0.25) is 0 Å². The minimum Gasteiger partial charge on any atom is -0.302 e. The Kier molecular flexibility index (Phi) is 3.55. The van der Waals surface area contributed by atoms with Gasteiger partial charge in [0, 0.05) is 21.3 Å². The molecule has 0 spiro atoms. The van der Waals surface area contributed by atoms with Crippen molar-refractivity contribution in [2.24, 2.45) is 0 Å². The summed E-state index contributed by atoms with van der Waals surface area (Å²) in [6.07, 6.45) is 0. The summed E-state index contributed by atoms with van der Waals surface area (Å²) in [6, 6.07) is 2.18. The van der Waals surface area contributed by atoms with E-state index in [4.69, 9.17) is 0 Å². The first-order valence-corrected chi connectivity index (χ1v) is 5.31. The topological polar surface area (TPSA) is 3.24 Å². The first kappa shape index (κ1) is 9.23. The molecule has 3 heteroatoms. The zero-order chi connectivity index (χ0) is 8.27. The van der Waals surface area contributed by atoms with Crippen LogP contribution in [0.4, 0.5) is 0 Å². The van der Waals surface area contributed by atoms with Crippen molar-refractivity contribution in [2.45, 2.75) is 13.5 Å². The molecule has 0 aromatic carbocycles. The molecule has 0 saturated heterocycles. The van der Waals surface area contributed by atoms with Gasteiger partial charge in [0.05, 0.1) is 0 Å². The predicted octanol–water partition coefficient (Wildman–Crippen LogP) is 2.96. The van der Waals surface area contributed by atoms with E-state index in [0.29, 0.717) is 0 Å². The number of hydrogen-bond donors (Lipinski definition) is 0. The third-order valence-electron chi connectivity index (χ3n) is 1.59. The summed E-state index contributed by atoms with van der Waals surface area (Å²) in [4.78, 5) is 3.71. The minimum atomic E-state index is 1.06. The summed E-state index contributed by atoms with van der Waals surface area (Å²) in [7, 11) is 2.13. The molecule has 0 aliphatic rings. The second-order valence-electron chi connectivity index (χ2n) is 2.56. The smallest absolute Gasteiger partial charge is 0.0325 e. The highest BCUT2D eigenvalue weighted by atomic mass is 79.9. The molecular weight excluding hydrogens is 222 g/mol. The van der Waals surface area contributed by atoms with Crippen molar-refractivity contribution in [3.63, 3.8) is 0 Å². The molecule has 0 saturated carbocycles. The van der Waals surface area contributed by atoms with Crippen LogP contribution in [0.15, 0.2) is 15.9 Å². The molecule has 0 amide bonds. The lowest BCUT2D eigenvalue weighted by atomic mass is 10.4. The molecule has 0 aliphatic carbocycles. The summed E-state index contributed by atoms with van der Waals surface area (Å²) in [5.74, 6) is 0. The Morgan fingerprint density at radius 3 is 2.82 bits per heavy atom. The lowest BCUT2D eigenvalue weighted by Gasteiger charge is -2.11. The molecule has 1 aromatic heterocycles. The molecule has 1 heterocycles. The van der Waals surface area contributed by atoms with E-state index < -0.39 is 0 Å². The molecule has 62 valence electrons. The molecule has 0 aliphatic heterocycles.